The average molecular weight is 392 g/mol. The van der Waals surface area contributed by atoms with Crippen LogP contribution in [0.2, 0.25) is 0 Å². The summed E-state index contributed by atoms with van der Waals surface area (Å²) in [7, 11) is 0. The molecule has 5 aromatic rings. The highest BCUT2D eigenvalue weighted by atomic mass is 32.2. The van der Waals surface area contributed by atoms with Crippen LogP contribution >= 0.6 is 23.1 Å². The molecule has 0 radical (unpaired) electrons. The number of tetrazole rings is 1. The smallest absolute Gasteiger partial charge is 0.192 e. The summed E-state index contributed by atoms with van der Waals surface area (Å²) in [5.74, 6) is 0.715. The molecule has 0 bridgehead atoms. The van der Waals surface area contributed by atoms with Gasteiger partial charge in [-0.3, -0.25) is 0 Å². The Hall–Kier alpha value is -3.11. The molecule has 0 aliphatic rings. The topological polar surface area (TPSA) is 86.7 Å². The van der Waals surface area contributed by atoms with Crippen molar-refractivity contribution in [2.45, 2.75) is 17.1 Å². The van der Waals surface area contributed by atoms with Crippen molar-refractivity contribution < 1.29 is 0 Å². The standard InChI is InChI=1S/C17H12N8S2/c1-11-2-4-13(5-3-11)24-17(20-22-23-24)27-15-7-6-14-18-19-16(25(14)21-15)12-8-9-26-10-12/h2-10H,1H3. The summed E-state index contributed by atoms with van der Waals surface area (Å²) in [6.45, 7) is 2.04. The van der Waals surface area contributed by atoms with Crippen LogP contribution in [0.25, 0.3) is 22.7 Å². The number of hydrogen-bond acceptors (Lipinski definition) is 8. The van der Waals surface area contributed by atoms with Gasteiger partial charge in [0.1, 0.15) is 5.03 Å². The monoisotopic (exact) mass is 392 g/mol. The Kier molecular flexibility index (Phi) is 3.91. The van der Waals surface area contributed by atoms with Crippen molar-refractivity contribution in [2.24, 2.45) is 0 Å². The number of fused-ring (bicyclic) bond motifs is 1. The molecule has 0 saturated heterocycles. The molecule has 0 aliphatic heterocycles. The minimum Gasteiger partial charge on any atom is -0.192 e. The molecule has 0 amide bonds. The zero-order chi connectivity index (χ0) is 18.2. The lowest BCUT2D eigenvalue weighted by molar-refractivity contribution is 0.754. The van der Waals surface area contributed by atoms with Crippen molar-refractivity contribution in [3.05, 3.63) is 58.8 Å². The molecule has 0 aliphatic carbocycles. The lowest BCUT2D eigenvalue weighted by Gasteiger charge is -2.05. The zero-order valence-corrected chi connectivity index (χ0v) is 15.7. The third-order valence-electron chi connectivity index (χ3n) is 3.93. The zero-order valence-electron chi connectivity index (χ0n) is 14.1. The Bertz CT molecular complexity index is 1210. The van der Waals surface area contributed by atoms with E-state index in [1.54, 1.807) is 20.5 Å². The number of benzene rings is 1. The molecule has 10 heteroatoms. The van der Waals surface area contributed by atoms with Gasteiger partial charge in [-0.25, -0.2) is 0 Å². The molecular weight excluding hydrogens is 380 g/mol. The summed E-state index contributed by atoms with van der Waals surface area (Å²) in [6, 6.07) is 13.8. The molecule has 8 nitrogen and oxygen atoms in total. The number of thiophene rings is 1. The van der Waals surface area contributed by atoms with Gasteiger partial charge < -0.3 is 0 Å². The van der Waals surface area contributed by atoms with Crippen molar-refractivity contribution in [2.75, 3.05) is 0 Å². The van der Waals surface area contributed by atoms with Crippen molar-refractivity contribution in [3.63, 3.8) is 0 Å². The maximum Gasteiger partial charge on any atom is 0.220 e. The van der Waals surface area contributed by atoms with E-state index in [1.165, 1.54) is 17.3 Å². The Morgan fingerprint density at radius 2 is 1.85 bits per heavy atom. The number of hydrogen-bond donors (Lipinski definition) is 0. The summed E-state index contributed by atoms with van der Waals surface area (Å²) >= 11 is 3.00. The highest BCUT2D eigenvalue weighted by Gasteiger charge is 2.14. The third-order valence-corrected chi connectivity index (χ3v) is 5.48. The summed E-state index contributed by atoms with van der Waals surface area (Å²) in [4.78, 5) is 0. The molecule has 4 heterocycles. The number of rotatable bonds is 4. The van der Waals surface area contributed by atoms with Gasteiger partial charge in [0.2, 0.25) is 5.16 Å². The van der Waals surface area contributed by atoms with Crippen LogP contribution in [-0.2, 0) is 0 Å². The minimum atomic E-state index is 0.635. The predicted octanol–water partition coefficient (Wildman–Crippen LogP) is 3.29. The van der Waals surface area contributed by atoms with Gasteiger partial charge in [0.25, 0.3) is 0 Å². The van der Waals surface area contributed by atoms with Gasteiger partial charge in [-0.15, -0.1) is 15.3 Å². The van der Waals surface area contributed by atoms with E-state index in [1.807, 2.05) is 60.1 Å². The quantitative estimate of drug-likeness (QED) is 0.464. The van der Waals surface area contributed by atoms with Gasteiger partial charge >= 0.3 is 0 Å². The maximum atomic E-state index is 4.67. The summed E-state index contributed by atoms with van der Waals surface area (Å²) in [6.07, 6.45) is 0. The first-order valence-electron chi connectivity index (χ1n) is 8.06. The second-order valence-corrected chi connectivity index (χ2v) is 7.56. The van der Waals surface area contributed by atoms with E-state index < -0.39 is 0 Å². The second kappa shape index (κ2) is 6.56. The molecule has 4 aromatic heterocycles. The van der Waals surface area contributed by atoms with Gasteiger partial charge in [0, 0.05) is 10.9 Å². The third kappa shape index (κ3) is 2.98. The summed E-state index contributed by atoms with van der Waals surface area (Å²) < 4.78 is 3.44. The first kappa shape index (κ1) is 16.1. The van der Waals surface area contributed by atoms with E-state index in [0.29, 0.717) is 16.6 Å². The SMILES string of the molecule is Cc1ccc(-n2nnnc2Sc2ccc3nnc(-c4ccsc4)n3n2)cc1. The first-order chi connectivity index (χ1) is 13.3. The number of nitrogens with zero attached hydrogens (tertiary/aromatic N) is 8. The number of aryl methyl sites for hydroxylation is 1. The fraction of sp³-hybridized carbons (Fsp3) is 0.0588. The van der Waals surface area contributed by atoms with E-state index in [2.05, 4.69) is 30.8 Å². The van der Waals surface area contributed by atoms with Crippen LogP contribution in [0.15, 0.2) is 63.4 Å². The van der Waals surface area contributed by atoms with Gasteiger partial charge in [0.05, 0.1) is 5.69 Å². The largest absolute Gasteiger partial charge is 0.220 e. The minimum absolute atomic E-state index is 0.635. The van der Waals surface area contributed by atoms with Crippen LogP contribution in [0.1, 0.15) is 5.56 Å². The van der Waals surface area contributed by atoms with Crippen LogP contribution < -0.4 is 0 Å². The van der Waals surface area contributed by atoms with E-state index in [9.17, 15) is 0 Å². The molecular formula is C17H12N8S2. The van der Waals surface area contributed by atoms with Crippen LogP contribution in [0.4, 0.5) is 0 Å². The molecule has 5 rings (SSSR count). The van der Waals surface area contributed by atoms with Crippen molar-refractivity contribution >= 4 is 28.7 Å². The first-order valence-corrected chi connectivity index (χ1v) is 9.82. The van der Waals surface area contributed by atoms with Gasteiger partial charge in [-0.05, 0) is 64.8 Å². The van der Waals surface area contributed by atoms with E-state index >= 15 is 0 Å². The van der Waals surface area contributed by atoms with Crippen LogP contribution in [0.3, 0.4) is 0 Å². The number of aromatic nitrogens is 8. The Balaban J connectivity index is 1.52. The molecule has 27 heavy (non-hydrogen) atoms. The molecule has 132 valence electrons. The van der Waals surface area contributed by atoms with Crippen LogP contribution in [-0.4, -0.2) is 40.0 Å². The lowest BCUT2D eigenvalue weighted by Crippen LogP contribution is -2.00. The Morgan fingerprint density at radius 1 is 0.963 bits per heavy atom. The fourth-order valence-electron chi connectivity index (χ4n) is 2.58. The van der Waals surface area contributed by atoms with E-state index in [0.717, 1.165) is 16.3 Å². The van der Waals surface area contributed by atoms with Crippen molar-refractivity contribution in [1.29, 1.82) is 0 Å². The normalized spacial score (nSPS) is 11.3. The molecule has 1 aromatic carbocycles. The lowest BCUT2D eigenvalue weighted by atomic mass is 10.2. The molecule has 0 unspecified atom stereocenters. The molecule has 0 saturated carbocycles. The van der Waals surface area contributed by atoms with Gasteiger partial charge in [-0.1, -0.05) is 17.7 Å². The maximum absolute atomic E-state index is 4.67. The van der Waals surface area contributed by atoms with E-state index in [4.69, 9.17) is 0 Å². The van der Waals surface area contributed by atoms with Crippen LogP contribution in [0, 0.1) is 6.92 Å². The Labute approximate surface area is 161 Å². The molecule has 0 spiro atoms. The van der Waals surface area contributed by atoms with Crippen LogP contribution in [0.5, 0.6) is 0 Å². The average Bonchev–Trinajstić information content (AvgIpc) is 3.42. The Morgan fingerprint density at radius 3 is 2.67 bits per heavy atom. The van der Waals surface area contributed by atoms with E-state index in [-0.39, 0.29) is 0 Å². The predicted molar refractivity (Wildman–Crippen MR) is 102 cm³/mol. The summed E-state index contributed by atoms with van der Waals surface area (Å²) in [5.41, 5.74) is 3.77. The van der Waals surface area contributed by atoms with Gasteiger partial charge in [-0.2, -0.15) is 25.6 Å². The fourth-order valence-corrected chi connectivity index (χ4v) is 3.97. The highest BCUT2D eigenvalue weighted by Crippen LogP contribution is 2.27. The highest BCUT2D eigenvalue weighted by molar-refractivity contribution is 7.99. The second-order valence-electron chi connectivity index (χ2n) is 5.79. The molecule has 0 N–H and O–H groups in total. The van der Waals surface area contributed by atoms with Crippen molar-refractivity contribution in [3.8, 4) is 17.1 Å². The summed E-state index contributed by atoms with van der Waals surface area (Å²) in [5, 5.41) is 30.6. The molecule has 0 atom stereocenters. The molecule has 0 fully saturated rings. The van der Waals surface area contributed by atoms with Gasteiger partial charge in [0.15, 0.2) is 11.5 Å². The van der Waals surface area contributed by atoms with Crippen molar-refractivity contribution in [1.82, 2.24) is 40.0 Å².